The molecular formula is C19H18Cl2N3O3+. The Morgan fingerprint density at radius 2 is 1.85 bits per heavy atom. The van der Waals surface area contributed by atoms with Gasteiger partial charge in [-0.25, -0.2) is 0 Å². The molecule has 0 atom stereocenters. The summed E-state index contributed by atoms with van der Waals surface area (Å²) in [6, 6.07) is 15.8. The molecule has 0 fully saturated rings. The highest BCUT2D eigenvalue weighted by Crippen LogP contribution is 2.26. The fraction of sp³-hybridized carbons (Fsp3) is 0.158. The Morgan fingerprint density at radius 3 is 2.56 bits per heavy atom. The first-order chi connectivity index (χ1) is 13.0. The van der Waals surface area contributed by atoms with Gasteiger partial charge in [0, 0.05) is 22.7 Å². The minimum atomic E-state index is -0.467. The van der Waals surface area contributed by atoms with Crippen molar-refractivity contribution >= 4 is 34.6 Å². The highest BCUT2D eigenvalue weighted by Gasteiger charge is 2.09. The summed E-state index contributed by atoms with van der Waals surface area (Å²) < 4.78 is 5.85. The molecule has 8 heteroatoms. The van der Waals surface area contributed by atoms with Crippen LogP contribution in [0.1, 0.15) is 5.76 Å². The fourth-order valence-corrected chi connectivity index (χ4v) is 2.94. The molecule has 1 heterocycles. The van der Waals surface area contributed by atoms with Crippen molar-refractivity contribution in [3.05, 3.63) is 80.5 Å². The summed E-state index contributed by atoms with van der Waals surface area (Å²) in [7, 11) is 0. The summed E-state index contributed by atoms with van der Waals surface area (Å²) in [4.78, 5) is 10.2. The van der Waals surface area contributed by atoms with Crippen LogP contribution in [0.15, 0.2) is 59.0 Å². The zero-order valence-corrected chi connectivity index (χ0v) is 15.8. The van der Waals surface area contributed by atoms with Gasteiger partial charge in [0.15, 0.2) is 5.76 Å². The maximum atomic E-state index is 10.7. The Hall–Kier alpha value is -2.54. The van der Waals surface area contributed by atoms with Gasteiger partial charge < -0.3 is 15.1 Å². The number of halogens is 2. The van der Waals surface area contributed by atoms with Gasteiger partial charge in [-0.3, -0.25) is 10.1 Å². The second-order valence-electron chi connectivity index (χ2n) is 5.90. The molecule has 0 saturated heterocycles. The Morgan fingerprint density at radius 1 is 1.07 bits per heavy atom. The molecule has 0 bridgehead atoms. The molecule has 0 aliphatic heterocycles. The molecule has 27 heavy (non-hydrogen) atoms. The summed E-state index contributed by atoms with van der Waals surface area (Å²) in [5.74, 6) is 1.69. The number of quaternary nitrogens is 1. The predicted molar refractivity (Wildman–Crippen MR) is 106 cm³/mol. The lowest BCUT2D eigenvalue weighted by Gasteiger charge is -2.07. The predicted octanol–water partition coefficient (Wildman–Crippen LogP) is 4.34. The number of anilines is 1. The van der Waals surface area contributed by atoms with Crippen LogP contribution in [-0.4, -0.2) is 18.0 Å². The molecule has 0 spiro atoms. The first kappa shape index (κ1) is 19.2. The number of nitro benzene ring substituents is 1. The van der Waals surface area contributed by atoms with Crippen molar-refractivity contribution in [1.82, 2.24) is 0 Å². The molecule has 1 aromatic heterocycles. The third kappa shape index (κ3) is 5.23. The van der Waals surface area contributed by atoms with Gasteiger partial charge >= 0.3 is 0 Å². The highest BCUT2D eigenvalue weighted by atomic mass is 35.5. The lowest BCUT2D eigenvalue weighted by molar-refractivity contribution is -0.669. The van der Waals surface area contributed by atoms with Gasteiger partial charge in [0.2, 0.25) is 0 Å². The van der Waals surface area contributed by atoms with Crippen molar-refractivity contribution in [2.75, 3.05) is 18.4 Å². The first-order valence-corrected chi connectivity index (χ1v) is 9.12. The van der Waals surface area contributed by atoms with E-state index < -0.39 is 4.92 Å². The number of nitro groups is 1. The molecule has 6 nitrogen and oxygen atoms in total. The molecule has 0 amide bonds. The number of nitrogens with zero attached hydrogens (tertiary/aromatic N) is 1. The summed E-state index contributed by atoms with van der Waals surface area (Å²) in [6.07, 6.45) is 0. The molecule has 0 aliphatic carbocycles. The van der Waals surface area contributed by atoms with Crippen molar-refractivity contribution < 1.29 is 14.7 Å². The van der Waals surface area contributed by atoms with E-state index in [0.29, 0.717) is 28.8 Å². The maximum Gasteiger partial charge on any atom is 0.271 e. The molecule has 3 N–H and O–H groups in total. The zero-order chi connectivity index (χ0) is 19.2. The quantitative estimate of drug-likeness (QED) is 0.331. The smallest absolute Gasteiger partial charge is 0.271 e. The lowest BCUT2D eigenvalue weighted by Crippen LogP contribution is -2.83. The van der Waals surface area contributed by atoms with Crippen LogP contribution in [0.3, 0.4) is 0 Å². The van der Waals surface area contributed by atoms with Crippen LogP contribution in [0.2, 0.25) is 10.0 Å². The van der Waals surface area contributed by atoms with Crippen LogP contribution in [0.5, 0.6) is 0 Å². The van der Waals surface area contributed by atoms with Gasteiger partial charge in [0.1, 0.15) is 12.3 Å². The first-order valence-electron chi connectivity index (χ1n) is 8.37. The summed E-state index contributed by atoms with van der Waals surface area (Å²) in [6.45, 7) is 2.18. The number of non-ortho nitro benzene ring substituents is 1. The molecule has 0 aliphatic rings. The minimum absolute atomic E-state index is 0.0218. The largest absolute Gasteiger partial charge is 0.455 e. The van der Waals surface area contributed by atoms with Crippen LogP contribution in [0.25, 0.3) is 11.3 Å². The Bertz CT molecular complexity index is 926. The summed E-state index contributed by atoms with van der Waals surface area (Å²) >= 11 is 12.0. The second kappa shape index (κ2) is 8.90. The molecule has 0 unspecified atom stereocenters. The molecule has 3 aromatic rings. The third-order valence-electron chi connectivity index (χ3n) is 3.96. The lowest BCUT2D eigenvalue weighted by atomic mass is 10.2. The fourth-order valence-electron chi connectivity index (χ4n) is 2.57. The SMILES string of the molecule is O=[N+]([O-])c1ccc(NCC[NH2+]Cc2ccc(-c3ccc(Cl)cc3)o2)c(Cl)c1. The maximum absolute atomic E-state index is 10.7. The van der Waals surface area contributed by atoms with E-state index in [1.165, 1.54) is 12.1 Å². The molecule has 3 rings (SSSR count). The van der Waals surface area contributed by atoms with Crippen molar-refractivity contribution in [1.29, 1.82) is 0 Å². The molecule has 2 aromatic carbocycles. The number of nitrogens with two attached hydrogens (primary N) is 1. The summed E-state index contributed by atoms with van der Waals surface area (Å²) in [5, 5.41) is 17.0. The van der Waals surface area contributed by atoms with Gasteiger partial charge in [-0.05, 0) is 42.5 Å². The van der Waals surface area contributed by atoms with Crippen LogP contribution in [0.4, 0.5) is 11.4 Å². The van der Waals surface area contributed by atoms with Crippen molar-refractivity contribution in [2.45, 2.75) is 6.54 Å². The molecule has 140 valence electrons. The van der Waals surface area contributed by atoms with Crippen LogP contribution in [0, 0.1) is 10.1 Å². The van der Waals surface area contributed by atoms with E-state index in [0.717, 1.165) is 23.6 Å². The van der Waals surface area contributed by atoms with Gasteiger partial charge in [0.05, 0.1) is 28.7 Å². The third-order valence-corrected chi connectivity index (χ3v) is 4.53. The summed E-state index contributed by atoms with van der Waals surface area (Å²) in [5.41, 5.74) is 1.64. The van der Waals surface area contributed by atoms with E-state index in [4.69, 9.17) is 27.6 Å². The average Bonchev–Trinajstić information content (AvgIpc) is 3.12. The average molecular weight is 407 g/mol. The van der Waals surface area contributed by atoms with E-state index >= 15 is 0 Å². The standard InChI is InChI=1S/C19H17Cl2N3O3/c20-14-3-1-13(2-4-14)19-8-6-16(27-19)12-22-9-10-23-18-7-5-15(24(25)26)11-17(18)21/h1-8,11,22-23H,9-10,12H2/p+1. The molecule has 0 radical (unpaired) electrons. The van der Waals surface area contributed by atoms with Gasteiger partial charge in [-0.2, -0.15) is 0 Å². The second-order valence-corrected chi connectivity index (χ2v) is 6.75. The van der Waals surface area contributed by atoms with Crippen LogP contribution < -0.4 is 10.6 Å². The van der Waals surface area contributed by atoms with Crippen molar-refractivity contribution in [2.24, 2.45) is 0 Å². The number of hydrogen-bond donors (Lipinski definition) is 2. The topological polar surface area (TPSA) is 84.9 Å². The minimum Gasteiger partial charge on any atom is -0.455 e. The molecular weight excluding hydrogens is 389 g/mol. The Kier molecular flexibility index (Phi) is 6.34. The highest BCUT2D eigenvalue weighted by molar-refractivity contribution is 6.33. The monoisotopic (exact) mass is 406 g/mol. The Labute approximate surface area is 166 Å². The normalized spacial score (nSPS) is 10.7. The molecule has 0 saturated carbocycles. The number of furan rings is 1. The Balaban J connectivity index is 1.44. The van der Waals surface area contributed by atoms with Crippen molar-refractivity contribution in [3.63, 3.8) is 0 Å². The number of rotatable bonds is 8. The van der Waals surface area contributed by atoms with Gasteiger partial charge in [0.25, 0.3) is 5.69 Å². The van der Waals surface area contributed by atoms with E-state index in [1.807, 2.05) is 36.4 Å². The van der Waals surface area contributed by atoms with Crippen molar-refractivity contribution in [3.8, 4) is 11.3 Å². The van der Waals surface area contributed by atoms with E-state index in [1.54, 1.807) is 6.07 Å². The van der Waals surface area contributed by atoms with E-state index in [9.17, 15) is 10.1 Å². The van der Waals surface area contributed by atoms with E-state index in [2.05, 4.69) is 10.6 Å². The number of benzene rings is 2. The van der Waals surface area contributed by atoms with Crippen LogP contribution in [-0.2, 0) is 6.54 Å². The van der Waals surface area contributed by atoms with E-state index in [-0.39, 0.29) is 5.69 Å². The number of nitrogens with one attached hydrogen (secondary N) is 1. The number of hydrogen-bond acceptors (Lipinski definition) is 4. The van der Waals surface area contributed by atoms with Crippen LogP contribution >= 0.6 is 23.2 Å². The van der Waals surface area contributed by atoms with Gasteiger partial charge in [-0.15, -0.1) is 0 Å². The zero-order valence-electron chi connectivity index (χ0n) is 14.3. The van der Waals surface area contributed by atoms with Gasteiger partial charge in [-0.1, -0.05) is 23.2 Å².